The van der Waals surface area contributed by atoms with Crippen LogP contribution < -0.4 is 15.1 Å². The molecule has 9 heteroatoms. The molecule has 0 bridgehead atoms. The number of hydrogen-bond acceptors (Lipinski definition) is 8. The van der Waals surface area contributed by atoms with Crippen LogP contribution in [0.2, 0.25) is 0 Å². The highest BCUT2D eigenvalue weighted by Gasteiger charge is 2.40. The van der Waals surface area contributed by atoms with Gasteiger partial charge in [-0.15, -0.1) is 0 Å². The van der Waals surface area contributed by atoms with Gasteiger partial charge in [0.2, 0.25) is 5.95 Å². The molecule has 3 aromatic rings. The molecule has 0 amide bonds. The maximum absolute atomic E-state index is 14.7. The molecule has 5 rings (SSSR count). The van der Waals surface area contributed by atoms with Gasteiger partial charge < -0.3 is 20.2 Å². The van der Waals surface area contributed by atoms with E-state index >= 15 is 0 Å². The molecule has 1 aromatic carbocycles. The first-order valence-electron chi connectivity index (χ1n) is 12.4. The monoisotopic (exact) mass is 489 g/mol. The van der Waals surface area contributed by atoms with Crippen molar-refractivity contribution in [3.8, 4) is 6.07 Å². The molecule has 36 heavy (non-hydrogen) atoms. The van der Waals surface area contributed by atoms with Crippen molar-refractivity contribution in [3.63, 3.8) is 0 Å². The number of alkyl halides is 1. The Morgan fingerprint density at radius 1 is 1.11 bits per heavy atom. The predicted molar refractivity (Wildman–Crippen MR) is 139 cm³/mol. The van der Waals surface area contributed by atoms with Crippen molar-refractivity contribution < 1.29 is 9.50 Å². The Hall–Kier alpha value is -3.51. The molecule has 0 unspecified atom stereocenters. The highest BCUT2D eigenvalue weighted by atomic mass is 19.1. The molecule has 2 aliphatic rings. The minimum atomic E-state index is -1.71. The van der Waals surface area contributed by atoms with Gasteiger partial charge in [0.1, 0.15) is 11.6 Å². The lowest BCUT2D eigenvalue weighted by Crippen LogP contribution is -2.54. The summed E-state index contributed by atoms with van der Waals surface area (Å²) in [6.45, 7) is 9.67. The highest BCUT2D eigenvalue weighted by molar-refractivity contribution is 5.98. The van der Waals surface area contributed by atoms with Gasteiger partial charge in [0.15, 0.2) is 5.67 Å². The van der Waals surface area contributed by atoms with E-state index in [0.717, 1.165) is 16.5 Å². The third-order valence-electron chi connectivity index (χ3n) is 7.27. The van der Waals surface area contributed by atoms with Crippen LogP contribution in [0, 0.1) is 16.7 Å². The number of aromatic nitrogens is 3. The van der Waals surface area contributed by atoms with Gasteiger partial charge in [-0.25, -0.2) is 14.4 Å². The van der Waals surface area contributed by atoms with E-state index in [1.165, 1.54) is 12.5 Å². The number of aliphatic hydroxyl groups is 1. The molecule has 2 N–H and O–H groups in total. The fraction of sp³-hybridized carbons (Fsp3) is 0.481. The first kappa shape index (κ1) is 24.2. The van der Waals surface area contributed by atoms with Crippen LogP contribution >= 0.6 is 0 Å². The van der Waals surface area contributed by atoms with Gasteiger partial charge in [0, 0.05) is 43.1 Å². The average Bonchev–Trinajstić information content (AvgIpc) is 2.83. The second-order valence-corrected chi connectivity index (χ2v) is 10.8. The number of nitrogens with one attached hydrogen (secondary N) is 1. The lowest BCUT2D eigenvalue weighted by Gasteiger charge is -2.45. The number of nitriles is 1. The predicted octanol–water partition coefficient (Wildman–Crippen LogP) is 4.54. The van der Waals surface area contributed by atoms with Gasteiger partial charge in [0.25, 0.3) is 0 Å². The Labute approximate surface area is 210 Å². The quantitative estimate of drug-likeness (QED) is 0.539. The van der Waals surface area contributed by atoms with Gasteiger partial charge in [-0.2, -0.15) is 10.2 Å². The zero-order chi connectivity index (χ0) is 25.7. The van der Waals surface area contributed by atoms with Crippen LogP contribution in [-0.2, 0) is 0 Å². The topological polar surface area (TPSA) is 101 Å². The van der Waals surface area contributed by atoms with Crippen LogP contribution in [0.25, 0.3) is 10.8 Å². The number of fused-ring (bicyclic) bond motifs is 1. The molecule has 0 saturated carbocycles. The molecular weight excluding hydrogens is 457 g/mol. The van der Waals surface area contributed by atoms with Crippen molar-refractivity contribution >= 4 is 34.0 Å². The van der Waals surface area contributed by atoms with Crippen LogP contribution in [-0.4, -0.2) is 58.0 Å². The molecule has 0 aliphatic carbocycles. The van der Waals surface area contributed by atoms with E-state index in [-0.39, 0.29) is 12.0 Å². The normalized spacial score (nSPS) is 23.4. The summed E-state index contributed by atoms with van der Waals surface area (Å²) in [6.07, 6.45) is 2.86. The zero-order valence-corrected chi connectivity index (χ0v) is 21.2. The van der Waals surface area contributed by atoms with Gasteiger partial charge in [-0.3, -0.25) is 0 Å². The Morgan fingerprint density at radius 2 is 1.89 bits per heavy atom. The standard InChI is InChI=1S/C27H32FN7O/c1-17(2)18-5-6-21(35-14-26(3,13-29)15-35)20-12-31-24(11-19(18)20)32-23-7-9-30-25(33-23)34-10-8-22(36)27(4,28)16-34/h5-7,9,11-12,17,22,36H,8,10,14-16H2,1-4H3,(H,30,31,32,33)/t22-,27+/m1/s1. The lowest BCUT2D eigenvalue weighted by molar-refractivity contribution is -0.00860. The molecule has 4 heterocycles. The summed E-state index contributed by atoms with van der Waals surface area (Å²) in [5.41, 5.74) is 0.290. The summed E-state index contributed by atoms with van der Waals surface area (Å²) in [5, 5.41) is 24.8. The maximum Gasteiger partial charge on any atom is 0.227 e. The van der Waals surface area contributed by atoms with Crippen LogP contribution in [0.3, 0.4) is 0 Å². The van der Waals surface area contributed by atoms with Crippen molar-refractivity contribution in [2.24, 2.45) is 5.41 Å². The third kappa shape index (κ3) is 4.42. The fourth-order valence-electron chi connectivity index (χ4n) is 5.14. The van der Waals surface area contributed by atoms with Crippen molar-refractivity contribution in [2.45, 2.75) is 51.8 Å². The number of hydrogen-bond donors (Lipinski definition) is 2. The van der Waals surface area contributed by atoms with Crippen molar-refractivity contribution in [3.05, 3.63) is 42.2 Å². The summed E-state index contributed by atoms with van der Waals surface area (Å²) in [4.78, 5) is 17.6. The number of pyridine rings is 1. The number of halogens is 1. The molecule has 2 atom stereocenters. The summed E-state index contributed by atoms with van der Waals surface area (Å²) in [6, 6.07) is 10.5. The van der Waals surface area contributed by atoms with Gasteiger partial charge in [0.05, 0.1) is 24.1 Å². The van der Waals surface area contributed by atoms with Crippen molar-refractivity contribution in [1.29, 1.82) is 5.26 Å². The largest absolute Gasteiger partial charge is 0.390 e. The summed E-state index contributed by atoms with van der Waals surface area (Å²) < 4.78 is 14.7. The second-order valence-electron chi connectivity index (χ2n) is 10.8. The van der Waals surface area contributed by atoms with Crippen molar-refractivity contribution in [1.82, 2.24) is 15.0 Å². The number of rotatable bonds is 5. The van der Waals surface area contributed by atoms with E-state index < -0.39 is 11.8 Å². The Bertz CT molecular complexity index is 1330. The first-order valence-corrected chi connectivity index (χ1v) is 12.4. The highest BCUT2D eigenvalue weighted by Crippen LogP contribution is 2.40. The van der Waals surface area contributed by atoms with E-state index in [0.29, 0.717) is 49.6 Å². The molecule has 0 radical (unpaired) electrons. The Balaban J connectivity index is 1.43. The van der Waals surface area contributed by atoms with Crippen LogP contribution in [0.5, 0.6) is 0 Å². The fourth-order valence-corrected chi connectivity index (χ4v) is 5.14. The third-order valence-corrected chi connectivity index (χ3v) is 7.27. The van der Waals surface area contributed by atoms with E-state index in [9.17, 15) is 14.8 Å². The number of piperidine rings is 1. The summed E-state index contributed by atoms with van der Waals surface area (Å²) in [7, 11) is 0. The number of benzene rings is 1. The van der Waals surface area contributed by atoms with Gasteiger partial charge in [-0.1, -0.05) is 19.9 Å². The molecule has 2 saturated heterocycles. The smallest absolute Gasteiger partial charge is 0.227 e. The molecule has 188 valence electrons. The second kappa shape index (κ2) is 8.86. The first-order chi connectivity index (χ1) is 17.1. The molecule has 0 spiro atoms. The minimum Gasteiger partial charge on any atom is -0.390 e. The number of nitrogens with zero attached hydrogens (tertiary/aromatic N) is 6. The summed E-state index contributed by atoms with van der Waals surface area (Å²) >= 11 is 0. The molecule has 2 aliphatic heterocycles. The number of aliphatic hydroxyl groups excluding tert-OH is 1. The van der Waals surface area contributed by atoms with Gasteiger partial charge in [-0.05, 0) is 55.3 Å². The Morgan fingerprint density at radius 3 is 2.58 bits per heavy atom. The SMILES string of the molecule is CC(C)c1ccc(N2CC(C)(C#N)C2)c2cnc(Nc3ccnc(N4CC[C@@H](O)[C@@](C)(F)C4)n3)cc12. The molecule has 2 fully saturated rings. The minimum absolute atomic E-state index is 0.0354. The van der Waals surface area contributed by atoms with E-state index in [1.54, 1.807) is 17.2 Å². The molecule has 2 aromatic heterocycles. The van der Waals surface area contributed by atoms with E-state index in [4.69, 9.17) is 0 Å². The summed E-state index contributed by atoms with van der Waals surface area (Å²) in [5.74, 6) is 1.96. The Kier molecular flexibility index (Phi) is 5.95. The van der Waals surface area contributed by atoms with E-state index in [1.807, 2.05) is 19.2 Å². The van der Waals surface area contributed by atoms with E-state index in [2.05, 4.69) is 57.2 Å². The maximum atomic E-state index is 14.7. The molecular formula is C27H32FN7O. The van der Waals surface area contributed by atoms with Crippen LogP contribution in [0.1, 0.15) is 45.6 Å². The average molecular weight is 490 g/mol. The van der Waals surface area contributed by atoms with Crippen molar-refractivity contribution in [2.75, 3.05) is 41.3 Å². The van der Waals surface area contributed by atoms with Crippen LogP contribution in [0.15, 0.2) is 36.7 Å². The zero-order valence-electron chi connectivity index (χ0n) is 21.2. The number of anilines is 4. The van der Waals surface area contributed by atoms with Gasteiger partial charge >= 0.3 is 0 Å². The van der Waals surface area contributed by atoms with Crippen LogP contribution in [0.4, 0.5) is 27.7 Å². The molecule has 8 nitrogen and oxygen atoms in total. The lowest BCUT2D eigenvalue weighted by atomic mass is 9.82.